The number of para-hydroxylation sites is 5. The smallest absolute Gasteiger partial charge is 0.123 e. The highest BCUT2D eigenvalue weighted by Gasteiger charge is 2.24. The van der Waals surface area contributed by atoms with Gasteiger partial charge < -0.3 is 4.57 Å². The molecule has 4 heteroatoms. The molecule has 9 rings (SSSR count). The third kappa shape index (κ3) is 3.07. The van der Waals surface area contributed by atoms with E-state index in [0.717, 1.165) is 50.0 Å². The average molecular weight is 525 g/mol. The van der Waals surface area contributed by atoms with Gasteiger partial charge in [-0.05, 0) is 48.5 Å². The number of pyridine rings is 1. The lowest BCUT2D eigenvalue weighted by molar-refractivity contribution is 1.000. The molecular formula is C37H24N4. The average Bonchev–Trinajstić information content (AvgIpc) is 3.69. The lowest BCUT2D eigenvalue weighted by Crippen LogP contribution is -2.05. The summed E-state index contributed by atoms with van der Waals surface area (Å²) < 4.78 is 7.19. The number of aromatic nitrogens is 4. The van der Waals surface area contributed by atoms with E-state index in [0.29, 0.717) is 0 Å². The highest BCUT2D eigenvalue weighted by Crippen LogP contribution is 2.41. The molecule has 0 amide bonds. The Labute approximate surface area is 235 Å². The van der Waals surface area contributed by atoms with Crippen molar-refractivity contribution in [3.8, 4) is 17.2 Å². The number of hydrogen-bond donors (Lipinski definition) is 0. The van der Waals surface area contributed by atoms with Gasteiger partial charge in [-0.3, -0.25) is 14.1 Å². The van der Waals surface area contributed by atoms with Crippen molar-refractivity contribution >= 4 is 54.6 Å². The fourth-order valence-electron chi connectivity index (χ4n) is 6.57. The van der Waals surface area contributed by atoms with Gasteiger partial charge in [-0.2, -0.15) is 0 Å². The largest absolute Gasteiger partial charge is 0.307 e. The van der Waals surface area contributed by atoms with Crippen LogP contribution in [0.2, 0.25) is 0 Å². The summed E-state index contributed by atoms with van der Waals surface area (Å²) in [6.07, 6.45) is 2.06. The maximum Gasteiger partial charge on any atom is 0.123 e. The van der Waals surface area contributed by atoms with Crippen molar-refractivity contribution in [3.63, 3.8) is 0 Å². The summed E-state index contributed by atoms with van der Waals surface area (Å²) in [5.74, 6) is 1.09. The van der Waals surface area contributed by atoms with Crippen molar-refractivity contribution in [2.24, 2.45) is 0 Å². The van der Waals surface area contributed by atoms with Gasteiger partial charge in [0.25, 0.3) is 0 Å². The molecule has 0 fully saturated rings. The van der Waals surface area contributed by atoms with Crippen LogP contribution in [0.5, 0.6) is 0 Å². The minimum Gasteiger partial charge on any atom is -0.307 e. The summed E-state index contributed by atoms with van der Waals surface area (Å²) in [5, 5.41) is 4.67. The van der Waals surface area contributed by atoms with Gasteiger partial charge >= 0.3 is 0 Å². The molecule has 0 unspecified atom stereocenters. The van der Waals surface area contributed by atoms with Gasteiger partial charge in [0, 0.05) is 39.1 Å². The number of benzene rings is 5. The second-order valence-electron chi connectivity index (χ2n) is 10.5. The van der Waals surface area contributed by atoms with E-state index >= 15 is 0 Å². The zero-order valence-electron chi connectivity index (χ0n) is 22.1. The molecule has 0 radical (unpaired) electrons. The summed E-state index contributed by atoms with van der Waals surface area (Å²) in [6, 6.07) is 49.5. The maximum absolute atomic E-state index is 5.15. The lowest BCUT2D eigenvalue weighted by atomic mass is 10.2. The molecule has 5 aromatic carbocycles. The molecule has 0 N–H and O–H groups in total. The topological polar surface area (TPSA) is 27.7 Å². The van der Waals surface area contributed by atoms with E-state index in [1.54, 1.807) is 0 Å². The second kappa shape index (κ2) is 8.44. The molecule has 0 spiro atoms. The Kier molecular flexibility index (Phi) is 4.58. The van der Waals surface area contributed by atoms with Crippen molar-refractivity contribution in [2.75, 3.05) is 0 Å². The fraction of sp³-hybridized carbons (Fsp3) is 0. The van der Waals surface area contributed by atoms with Gasteiger partial charge in [-0.25, -0.2) is 0 Å². The molecule has 0 aliphatic rings. The molecule has 0 atom stereocenters. The first-order valence-electron chi connectivity index (χ1n) is 13.9. The van der Waals surface area contributed by atoms with Crippen molar-refractivity contribution in [1.29, 1.82) is 0 Å². The zero-order valence-corrected chi connectivity index (χ0v) is 22.1. The van der Waals surface area contributed by atoms with Crippen molar-refractivity contribution in [2.45, 2.75) is 0 Å². The van der Waals surface area contributed by atoms with Gasteiger partial charge in [0.05, 0.1) is 33.1 Å². The quantitative estimate of drug-likeness (QED) is 0.226. The summed E-state index contributed by atoms with van der Waals surface area (Å²) in [7, 11) is 0. The van der Waals surface area contributed by atoms with Crippen LogP contribution in [0.3, 0.4) is 0 Å². The molecule has 0 saturated heterocycles. The standard InChI is InChI=1S/C37H24N4/c1-3-14-26(15-4-1)39-31-20-10-7-13-25(31)23-34(39)41-33-22-12-9-19-29(33)35-37(41)36-30(24-38-35)28-18-8-11-21-32(28)40(36)27-16-5-2-6-17-27/h1-24H. The van der Waals surface area contributed by atoms with Crippen LogP contribution in [-0.4, -0.2) is 18.7 Å². The van der Waals surface area contributed by atoms with E-state index in [2.05, 4.69) is 159 Å². The van der Waals surface area contributed by atoms with E-state index in [9.17, 15) is 0 Å². The Morgan fingerprint density at radius 1 is 0.415 bits per heavy atom. The first-order chi connectivity index (χ1) is 20.4. The Morgan fingerprint density at radius 3 is 1.71 bits per heavy atom. The monoisotopic (exact) mass is 524 g/mol. The Hall–Kier alpha value is -5.61. The van der Waals surface area contributed by atoms with Gasteiger partial charge in [0.15, 0.2) is 0 Å². The van der Waals surface area contributed by atoms with Crippen LogP contribution in [0.25, 0.3) is 71.8 Å². The zero-order chi connectivity index (χ0) is 26.9. The van der Waals surface area contributed by atoms with Crippen LogP contribution in [0, 0.1) is 0 Å². The minimum absolute atomic E-state index is 0.998. The third-order valence-electron chi connectivity index (χ3n) is 8.26. The number of nitrogens with zero attached hydrogens (tertiary/aromatic N) is 4. The molecule has 192 valence electrons. The van der Waals surface area contributed by atoms with Crippen LogP contribution in [0.15, 0.2) is 146 Å². The molecule has 41 heavy (non-hydrogen) atoms. The fourth-order valence-corrected chi connectivity index (χ4v) is 6.57. The van der Waals surface area contributed by atoms with E-state index in [1.165, 1.54) is 21.8 Å². The highest BCUT2D eigenvalue weighted by molar-refractivity contribution is 6.22. The van der Waals surface area contributed by atoms with Crippen molar-refractivity contribution in [3.05, 3.63) is 146 Å². The van der Waals surface area contributed by atoms with Crippen molar-refractivity contribution < 1.29 is 0 Å². The van der Waals surface area contributed by atoms with Gasteiger partial charge in [-0.1, -0.05) is 91.0 Å². The van der Waals surface area contributed by atoms with Crippen LogP contribution in [-0.2, 0) is 0 Å². The molecule has 4 heterocycles. The number of hydrogen-bond acceptors (Lipinski definition) is 1. The molecule has 4 aromatic heterocycles. The van der Waals surface area contributed by atoms with Gasteiger partial charge in [0.1, 0.15) is 5.82 Å². The van der Waals surface area contributed by atoms with Crippen LogP contribution in [0.1, 0.15) is 0 Å². The highest BCUT2D eigenvalue weighted by atomic mass is 15.2. The molecule has 0 saturated carbocycles. The third-order valence-corrected chi connectivity index (χ3v) is 8.26. The van der Waals surface area contributed by atoms with Crippen LogP contribution >= 0.6 is 0 Å². The Bertz CT molecular complexity index is 2410. The number of rotatable bonds is 3. The van der Waals surface area contributed by atoms with E-state index < -0.39 is 0 Å². The molecule has 0 aliphatic heterocycles. The predicted molar refractivity (Wildman–Crippen MR) is 170 cm³/mol. The van der Waals surface area contributed by atoms with Crippen molar-refractivity contribution in [1.82, 2.24) is 18.7 Å². The maximum atomic E-state index is 5.15. The molecule has 0 bridgehead atoms. The molecule has 0 aliphatic carbocycles. The molecule has 9 aromatic rings. The van der Waals surface area contributed by atoms with Crippen LogP contribution in [0.4, 0.5) is 0 Å². The minimum atomic E-state index is 0.998. The summed E-state index contributed by atoms with van der Waals surface area (Å²) in [5.41, 5.74) is 8.98. The Balaban J connectivity index is 1.55. The van der Waals surface area contributed by atoms with E-state index in [4.69, 9.17) is 4.98 Å². The lowest BCUT2D eigenvalue weighted by Gasteiger charge is -2.15. The van der Waals surface area contributed by atoms with E-state index in [1.807, 2.05) is 0 Å². The first-order valence-corrected chi connectivity index (χ1v) is 13.9. The summed E-state index contributed by atoms with van der Waals surface area (Å²) >= 11 is 0. The molecule has 4 nitrogen and oxygen atoms in total. The van der Waals surface area contributed by atoms with E-state index in [-0.39, 0.29) is 0 Å². The first kappa shape index (κ1) is 22.2. The number of fused-ring (bicyclic) bond motifs is 8. The molecular weight excluding hydrogens is 500 g/mol. The summed E-state index contributed by atoms with van der Waals surface area (Å²) in [6.45, 7) is 0. The van der Waals surface area contributed by atoms with Crippen LogP contribution < -0.4 is 0 Å². The Morgan fingerprint density at radius 2 is 0.976 bits per heavy atom. The van der Waals surface area contributed by atoms with Gasteiger partial charge in [-0.15, -0.1) is 0 Å². The SMILES string of the molecule is c1ccc(-n2c(-n3c4ccccc4c4ncc5c6ccccc6n(-c6ccccc6)c5c43)cc3ccccc32)cc1. The van der Waals surface area contributed by atoms with Gasteiger partial charge in [0.2, 0.25) is 0 Å². The second-order valence-corrected chi connectivity index (χ2v) is 10.5. The normalized spacial score (nSPS) is 11.9. The predicted octanol–water partition coefficient (Wildman–Crippen LogP) is 9.22. The summed E-state index contributed by atoms with van der Waals surface area (Å²) in [4.78, 5) is 5.15.